The van der Waals surface area contributed by atoms with Crippen LogP contribution < -0.4 is 19.5 Å². The Morgan fingerprint density at radius 1 is 0.821 bits per heavy atom. The van der Waals surface area contributed by atoms with Crippen molar-refractivity contribution in [2.45, 2.75) is 45.1 Å². The summed E-state index contributed by atoms with van der Waals surface area (Å²) in [6.07, 6.45) is 1.54. The molecule has 0 saturated heterocycles. The van der Waals surface area contributed by atoms with Crippen LogP contribution in [0.25, 0.3) is 0 Å². The Labute approximate surface area is 230 Å². The third-order valence-corrected chi connectivity index (χ3v) is 7.37. The molecule has 4 aromatic rings. The first-order valence-corrected chi connectivity index (χ1v) is 13.1. The Kier molecular flexibility index (Phi) is 8.65. The minimum absolute atomic E-state index is 0.0488. The zero-order valence-electron chi connectivity index (χ0n) is 23.5. The highest BCUT2D eigenvalue weighted by Crippen LogP contribution is 2.32. The lowest BCUT2D eigenvalue weighted by Crippen LogP contribution is -2.29. The summed E-state index contributed by atoms with van der Waals surface area (Å²) >= 11 is 0. The molecule has 6 nitrogen and oxygen atoms in total. The summed E-state index contributed by atoms with van der Waals surface area (Å²) in [5, 5.41) is 3.14. The van der Waals surface area contributed by atoms with Gasteiger partial charge in [-0.25, -0.2) is 0 Å². The molecule has 0 radical (unpaired) electrons. The average Bonchev–Trinajstić information content (AvgIpc) is 3.44. The van der Waals surface area contributed by atoms with E-state index in [0.29, 0.717) is 12.2 Å². The molecule has 1 amide bonds. The van der Waals surface area contributed by atoms with E-state index < -0.39 is 6.04 Å². The molecule has 1 N–H and O–H groups in total. The quantitative estimate of drug-likeness (QED) is 0.225. The van der Waals surface area contributed by atoms with Crippen LogP contribution in [0.5, 0.6) is 17.2 Å². The van der Waals surface area contributed by atoms with Crippen molar-refractivity contribution in [2.75, 3.05) is 21.3 Å². The number of methoxy groups -OCH3 is 3. The number of ether oxygens (including phenoxy) is 3. The normalized spacial score (nSPS) is 11.4. The van der Waals surface area contributed by atoms with Crippen molar-refractivity contribution < 1.29 is 23.4 Å². The second-order valence-corrected chi connectivity index (χ2v) is 10.2. The molecule has 0 fully saturated rings. The third kappa shape index (κ3) is 6.45. The van der Waals surface area contributed by atoms with Crippen molar-refractivity contribution in [1.29, 1.82) is 0 Å². The summed E-state index contributed by atoms with van der Waals surface area (Å²) in [5.74, 6) is 2.93. The number of furan rings is 1. The fourth-order valence-corrected chi connectivity index (χ4v) is 4.48. The minimum atomic E-state index is -0.393. The van der Waals surface area contributed by atoms with Gasteiger partial charge in [-0.05, 0) is 71.0 Å². The van der Waals surface area contributed by atoms with Gasteiger partial charge in [-0.15, -0.1) is 0 Å². The highest BCUT2D eigenvalue weighted by molar-refractivity contribution is 5.92. The smallest absolute Gasteiger partial charge is 0.287 e. The second kappa shape index (κ2) is 12.1. The Morgan fingerprint density at radius 2 is 1.41 bits per heavy atom. The molecule has 0 saturated carbocycles. The van der Waals surface area contributed by atoms with Gasteiger partial charge in [-0.2, -0.15) is 0 Å². The third-order valence-electron chi connectivity index (χ3n) is 7.37. The largest absolute Gasteiger partial charge is 0.497 e. The van der Waals surface area contributed by atoms with E-state index in [-0.39, 0.29) is 17.1 Å². The minimum Gasteiger partial charge on any atom is -0.497 e. The SMILES string of the molecule is CCC(C)(C)c1ccc(OC)c(Cc2ccc(C(=O)NC(c3ccc(OC)cc3)c3ccc(OC)cc3)o2)c1. The summed E-state index contributed by atoms with van der Waals surface area (Å²) in [4.78, 5) is 13.4. The lowest BCUT2D eigenvalue weighted by atomic mass is 9.81. The van der Waals surface area contributed by atoms with Crippen molar-refractivity contribution in [3.05, 3.63) is 113 Å². The molecular formula is C33H37NO5. The fourth-order valence-electron chi connectivity index (χ4n) is 4.48. The number of carbonyl (C=O) groups is 1. The Bertz CT molecular complexity index is 1340. The maximum atomic E-state index is 13.4. The van der Waals surface area contributed by atoms with Crippen LogP contribution in [-0.2, 0) is 11.8 Å². The van der Waals surface area contributed by atoms with Gasteiger partial charge in [0.2, 0.25) is 0 Å². The predicted molar refractivity (Wildman–Crippen MR) is 153 cm³/mol. The molecule has 4 rings (SSSR count). The first-order valence-electron chi connectivity index (χ1n) is 13.1. The van der Waals surface area contributed by atoms with Gasteiger partial charge in [0.25, 0.3) is 5.91 Å². The first-order chi connectivity index (χ1) is 18.8. The number of nitrogens with one attached hydrogen (secondary N) is 1. The van der Waals surface area contributed by atoms with Crippen LogP contribution in [0.4, 0.5) is 0 Å². The second-order valence-electron chi connectivity index (χ2n) is 10.2. The topological polar surface area (TPSA) is 69.9 Å². The maximum absolute atomic E-state index is 13.4. The van der Waals surface area contributed by atoms with E-state index in [9.17, 15) is 4.79 Å². The summed E-state index contributed by atoms with van der Waals surface area (Å²) in [6, 6.07) is 24.8. The summed E-state index contributed by atoms with van der Waals surface area (Å²) < 4.78 is 22.3. The molecule has 1 aromatic heterocycles. The zero-order valence-corrected chi connectivity index (χ0v) is 23.5. The molecule has 0 aliphatic rings. The van der Waals surface area contributed by atoms with Gasteiger partial charge < -0.3 is 23.9 Å². The molecule has 0 aliphatic carbocycles. The monoisotopic (exact) mass is 527 g/mol. The standard InChI is InChI=1S/C33H37NO5/c1-7-33(2,3)25-12-18-29(38-6)24(20-25)21-28-17-19-30(39-28)32(35)34-31(22-8-13-26(36-4)14-9-22)23-10-15-27(37-5)16-11-23/h8-20,31H,7,21H2,1-6H3,(H,34,35). The van der Waals surface area contributed by atoms with Crippen LogP contribution >= 0.6 is 0 Å². The molecule has 204 valence electrons. The molecule has 0 spiro atoms. The van der Waals surface area contributed by atoms with Crippen LogP contribution in [0, 0.1) is 0 Å². The molecule has 39 heavy (non-hydrogen) atoms. The van der Waals surface area contributed by atoms with Gasteiger partial charge in [0.05, 0.1) is 27.4 Å². The van der Waals surface area contributed by atoms with E-state index >= 15 is 0 Å². The summed E-state index contributed by atoms with van der Waals surface area (Å²) in [6.45, 7) is 6.65. The van der Waals surface area contributed by atoms with Crippen LogP contribution in [0.2, 0.25) is 0 Å². The van der Waals surface area contributed by atoms with E-state index in [1.165, 1.54) is 5.56 Å². The van der Waals surface area contributed by atoms with Crippen molar-refractivity contribution in [1.82, 2.24) is 5.32 Å². The number of hydrogen-bond donors (Lipinski definition) is 1. The molecule has 0 aliphatic heterocycles. The Balaban J connectivity index is 1.57. The summed E-state index contributed by atoms with van der Waals surface area (Å²) in [5.41, 5.74) is 4.15. The molecule has 0 atom stereocenters. The highest BCUT2D eigenvalue weighted by Gasteiger charge is 2.22. The van der Waals surface area contributed by atoms with Crippen molar-refractivity contribution in [3.63, 3.8) is 0 Å². The van der Waals surface area contributed by atoms with Crippen molar-refractivity contribution in [3.8, 4) is 17.2 Å². The number of benzene rings is 3. The lowest BCUT2D eigenvalue weighted by molar-refractivity contribution is 0.0913. The van der Waals surface area contributed by atoms with E-state index in [1.54, 1.807) is 27.4 Å². The number of hydrogen-bond acceptors (Lipinski definition) is 5. The van der Waals surface area contributed by atoms with Gasteiger partial charge in [-0.1, -0.05) is 57.2 Å². The lowest BCUT2D eigenvalue weighted by Gasteiger charge is -2.24. The maximum Gasteiger partial charge on any atom is 0.287 e. The average molecular weight is 528 g/mol. The Hall–Kier alpha value is -4.19. The summed E-state index contributed by atoms with van der Waals surface area (Å²) in [7, 11) is 4.93. The predicted octanol–water partition coefficient (Wildman–Crippen LogP) is 7.10. The van der Waals surface area contributed by atoms with E-state index in [2.05, 4.69) is 38.2 Å². The van der Waals surface area contributed by atoms with Gasteiger partial charge in [0, 0.05) is 12.0 Å². The molecule has 3 aromatic carbocycles. The van der Waals surface area contributed by atoms with Gasteiger partial charge in [-0.3, -0.25) is 4.79 Å². The number of rotatable bonds is 11. The van der Waals surface area contributed by atoms with Gasteiger partial charge in [0.15, 0.2) is 5.76 Å². The zero-order chi connectivity index (χ0) is 28.0. The Morgan fingerprint density at radius 3 is 1.92 bits per heavy atom. The highest BCUT2D eigenvalue weighted by atomic mass is 16.5. The molecule has 6 heteroatoms. The van der Waals surface area contributed by atoms with Gasteiger partial charge >= 0.3 is 0 Å². The van der Waals surface area contributed by atoms with Crippen LogP contribution in [0.15, 0.2) is 83.3 Å². The van der Waals surface area contributed by atoms with Gasteiger partial charge in [0.1, 0.15) is 23.0 Å². The molecule has 0 bridgehead atoms. The number of amides is 1. The molecular weight excluding hydrogens is 490 g/mol. The van der Waals surface area contributed by atoms with E-state index in [0.717, 1.165) is 40.4 Å². The van der Waals surface area contributed by atoms with Crippen molar-refractivity contribution in [2.24, 2.45) is 0 Å². The van der Waals surface area contributed by atoms with Crippen molar-refractivity contribution >= 4 is 5.91 Å². The number of carbonyl (C=O) groups excluding carboxylic acids is 1. The van der Waals surface area contributed by atoms with Crippen LogP contribution in [0.3, 0.4) is 0 Å². The first kappa shape index (κ1) is 27.8. The van der Waals surface area contributed by atoms with Crippen LogP contribution in [-0.4, -0.2) is 27.2 Å². The molecule has 0 unspecified atom stereocenters. The fraction of sp³-hybridized carbons (Fsp3) is 0.303. The van der Waals surface area contributed by atoms with E-state index in [4.69, 9.17) is 18.6 Å². The van der Waals surface area contributed by atoms with E-state index in [1.807, 2.05) is 60.7 Å². The van der Waals surface area contributed by atoms with Crippen LogP contribution in [0.1, 0.15) is 71.8 Å². The molecule has 1 heterocycles.